The van der Waals surface area contributed by atoms with Crippen LogP contribution in [0.3, 0.4) is 0 Å². The van der Waals surface area contributed by atoms with Crippen LogP contribution < -0.4 is 5.32 Å². The highest BCUT2D eigenvalue weighted by molar-refractivity contribution is 5.61. The van der Waals surface area contributed by atoms with E-state index in [1.807, 2.05) is 0 Å². The fourth-order valence-corrected chi connectivity index (χ4v) is 2.20. The van der Waals surface area contributed by atoms with Crippen molar-refractivity contribution < 1.29 is 0 Å². The van der Waals surface area contributed by atoms with E-state index in [2.05, 4.69) is 52.9 Å². The van der Waals surface area contributed by atoms with E-state index < -0.39 is 0 Å². The largest absolute Gasteiger partial charge is 0.382 e. The number of anilines is 1. The molecule has 1 nitrogen and oxygen atoms in total. The van der Waals surface area contributed by atoms with Crippen LogP contribution in [0, 0.1) is 27.7 Å². The van der Waals surface area contributed by atoms with Crippen LogP contribution in [0.1, 0.15) is 48.9 Å². The van der Waals surface area contributed by atoms with Crippen LogP contribution in [0.15, 0.2) is 6.07 Å². The maximum atomic E-state index is 3.68. The first kappa shape index (κ1) is 13.1. The zero-order chi connectivity index (χ0) is 12.3. The van der Waals surface area contributed by atoms with Gasteiger partial charge in [-0.3, -0.25) is 0 Å². The average molecular weight is 219 g/mol. The van der Waals surface area contributed by atoms with Crippen molar-refractivity contribution >= 4 is 5.69 Å². The van der Waals surface area contributed by atoms with Gasteiger partial charge in [0.05, 0.1) is 0 Å². The molecule has 0 aliphatic heterocycles. The van der Waals surface area contributed by atoms with Gasteiger partial charge in [-0.1, -0.05) is 19.9 Å². The summed E-state index contributed by atoms with van der Waals surface area (Å²) in [5.41, 5.74) is 6.93. The van der Waals surface area contributed by atoms with Crippen molar-refractivity contribution in [1.82, 2.24) is 0 Å². The molecule has 0 spiro atoms. The third kappa shape index (κ3) is 2.58. The van der Waals surface area contributed by atoms with Crippen LogP contribution >= 0.6 is 0 Å². The predicted octanol–water partition coefficient (Wildman–Crippen LogP) is 4.52. The zero-order valence-corrected chi connectivity index (χ0v) is 11.6. The standard InChI is InChI=1S/C15H25N/c1-7-14(8-2)16-15-11(4)9-10(3)12(5)13(15)6/h9,14,16H,7-8H2,1-6H3. The van der Waals surface area contributed by atoms with Crippen LogP contribution in [0.4, 0.5) is 5.69 Å². The maximum Gasteiger partial charge on any atom is 0.0404 e. The summed E-state index contributed by atoms with van der Waals surface area (Å²) in [5, 5.41) is 3.68. The highest BCUT2D eigenvalue weighted by atomic mass is 14.9. The fourth-order valence-electron chi connectivity index (χ4n) is 2.20. The minimum atomic E-state index is 0.597. The molecule has 0 atom stereocenters. The molecule has 1 aromatic rings. The smallest absolute Gasteiger partial charge is 0.0404 e. The van der Waals surface area contributed by atoms with E-state index in [0.29, 0.717) is 6.04 Å². The average Bonchev–Trinajstić information content (AvgIpc) is 2.27. The Hall–Kier alpha value is -0.980. The van der Waals surface area contributed by atoms with Crippen LogP contribution in [0.25, 0.3) is 0 Å². The molecule has 1 heteroatoms. The molecule has 1 N–H and O–H groups in total. The van der Waals surface area contributed by atoms with Gasteiger partial charge in [0.15, 0.2) is 0 Å². The second kappa shape index (κ2) is 5.38. The first-order valence-corrected chi connectivity index (χ1v) is 6.35. The predicted molar refractivity (Wildman–Crippen MR) is 73.4 cm³/mol. The Balaban J connectivity index is 3.09. The lowest BCUT2D eigenvalue weighted by molar-refractivity contribution is 0.670. The van der Waals surface area contributed by atoms with Crippen LogP contribution in [-0.2, 0) is 0 Å². The quantitative estimate of drug-likeness (QED) is 0.785. The highest BCUT2D eigenvalue weighted by Crippen LogP contribution is 2.27. The molecule has 90 valence electrons. The van der Waals surface area contributed by atoms with Gasteiger partial charge in [-0.15, -0.1) is 0 Å². The second-order valence-corrected chi connectivity index (χ2v) is 4.79. The third-order valence-corrected chi connectivity index (χ3v) is 3.69. The number of rotatable bonds is 4. The van der Waals surface area contributed by atoms with Gasteiger partial charge in [0, 0.05) is 11.7 Å². The summed E-state index contributed by atoms with van der Waals surface area (Å²) < 4.78 is 0. The molecule has 16 heavy (non-hydrogen) atoms. The summed E-state index contributed by atoms with van der Waals surface area (Å²) in [5.74, 6) is 0. The molecule has 1 aromatic carbocycles. The highest BCUT2D eigenvalue weighted by Gasteiger charge is 2.10. The molecular formula is C15H25N. The molecule has 0 amide bonds. The summed E-state index contributed by atoms with van der Waals surface area (Å²) >= 11 is 0. The third-order valence-electron chi connectivity index (χ3n) is 3.69. The Labute approximate surface area is 100 Å². The van der Waals surface area contributed by atoms with Gasteiger partial charge in [-0.25, -0.2) is 0 Å². The van der Waals surface area contributed by atoms with Gasteiger partial charge >= 0.3 is 0 Å². The summed E-state index contributed by atoms with van der Waals surface area (Å²) in [6, 6.07) is 2.88. The van der Waals surface area contributed by atoms with Crippen molar-refractivity contribution in [3.63, 3.8) is 0 Å². The lowest BCUT2D eigenvalue weighted by Gasteiger charge is -2.22. The van der Waals surface area contributed by atoms with Crippen molar-refractivity contribution in [2.75, 3.05) is 5.32 Å². The second-order valence-electron chi connectivity index (χ2n) is 4.79. The number of benzene rings is 1. The van der Waals surface area contributed by atoms with Gasteiger partial charge in [-0.2, -0.15) is 0 Å². The maximum absolute atomic E-state index is 3.68. The van der Waals surface area contributed by atoms with Crippen LogP contribution in [0.5, 0.6) is 0 Å². The molecular weight excluding hydrogens is 194 g/mol. The van der Waals surface area contributed by atoms with Gasteiger partial charge in [0.1, 0.15) is 0 Å². The topological polar surface area (TPSA) is 12.0 Å². The molecule has 0 aromatic heterocycles. The molecule has 0 aliphatic carbocycles. The van der Waals surface area contributed by atoms with Crippen molar-refractivity contribution in [3.05, 3.63) is 28.3 Å². The zero-order valence-electron chi connectivity index (χ0n) is 11.6. The Morgan fingerprint density at radius 2 is 1.50 bits per heavy atom. The fraction of sp³-hybridized carbons (Fsp3) is 0.600. The lowest BCUT2D eigenvalue weighted by atomic mass is 9.97. The van der Waals surface area contributed by atoms with Crippen molar-refractivity contribution in [2.24, 2.45) is 0 Å². The van der Waals surface area contributed by atoms with E-state index in [-0.39, 0.29) is 0 Å². The molecule has 0 heterocycles. The van der Waals surface area contributed by atoms with Crippen molar-refractivity contribution in [1.29, 1.82) is 0 Å². The van der Waals surface area contributed by atoms with E-state index in [4.69, 9.17) is 0 Å². The van der Waals surface area contributed by atoms with Gasteiger partial charge in [0.25, 0.3) is 0 Å². The summed E-state index contributed by atoms with van der Waals surface area (Å²) in [7, 11) is 0. The first-order valence-electron chi connectivity index (χ1n) is 6.35. The van der Waals surface area contributed by atoms with E-state index in [0.717, 1.165) is 0 Å². The van der Waals surface area contributed by atoms with E-state index in [1.165, 1.54) is 40.8 Å². The Bertz CT molecular complexity index is 362. The summed E-state index contributed by atoms with van der Waals surface area (Å²) in [4.78, 5) is 0. The monoisotopic (exact) mass is 219 g/mol. The van der Waals surface area contributed by atoms with E-state index >= 15 is 0 Å². The minimum absolute atomic E-state index is 0.597. The van der Waals surface area contributed by atoms with Gasteiger partial charge < -0.3 is 5.32 Å². The molecule has 0 unspecified atom stereocenters. The van der Waals surface area contributed by atoms with E-state index in [9.17, 15) is 0 Å². The van der Waals surface area contributed by atoms with Gasteiger partial charge in [0.2, 0.25) is 0 Å². The normalized spacial score (nSPS) is 10.9. The van der Waals surface area contributed by atoms with Crippen molar-refractivity contribution in [3.8, 4) is 0 Å². The molecule has 0 fully saturated rings. The summed E-state index contributed by atoms with van der Waals surface area (Å²) in [6.45, 7) is 13.3. The molecule has 0 aliphatic rings. The molecule has 1 rings (SSSR count). The summed E-state index contributed by atoms with van der Waals surface area (Å²) in [6.07, 6.45) is 2.37. The van der Waals surface area contributed by atoms with Crippen molar-refractivity contribution in [2.45, 2.75) is 60.4 Å². The Morgan fingerprint density at radius 1 is 0.938 bits per heavy atom. The lowest BCUT2D eigenvalue weighted by Crippen LogP contribution is -2.18. The molecule has 0 bridgehead atoms. The first-order chi connectivity index (χ1) is 7.51. The molecule has 0 saturated heterocycles. The van der Waals surface area contributed by atoms with E-state index in [1.54, 1.807) is 0 Å². The Kier molecular flexibility index (Phi) is 4.40. The Morgan fingerprint density at radius 3 is 2.00 bits per heavy atom. The van der Waals surface area contributed by atoms with Crippen LogP contribution in [-0.4, -0.2) is 6.04 Å². The number of hydrogen-bond acceptors (Lipinski definition) is 1. The van der Waals surface area contributed by atoms with Crippen LogP contribution in [0.2, 0.25) is 0 Å². The molecule has 0 saturated carbocycles. The molecule has 0 radical (unpaired) electrons. The SMILES string of the molecule is CCC(CC)Nc1c(C)cc(C)c(C)c1C. The minimum Gasteiger partial charge on any atom is -0.382 e. The number of nitrogens with one attached hydrogen (secondary N) is 1. The number of hydrogen-bond donors (Lipinski definition) is 1. The number of aryl methyl sites for hydroxylation is 2. The van der Waals surface area contributed by atoms with Gasteiger partial charge in [-0.05, 0) is 62.8 Å².